The van der Waals surface area contributed by atoms with E-state index in [-0.39, 0.29) is 5.91 Å². The number of benzene rings is 2. The second kappa shape index (κ2) is 9.63. The molecule has 0 radical (unpaired) electrons. The molecule has 0 bridgehead atoms. The van der Waals surface area contributed by atoms with Gasteiger partial charge in [-0.2, -0.15) is 5.26 Å². The SMILES string of the molecule is Cc1ccc(-c2ccc(C#N)c(SCCC(=O)Nc3cc(C)nc4ccccc34)n2)cc1. The molecular formula is C26H22N4OS. The summed E-state index contributed by atoms with van der Waals surface area (Å²) in [6.45, 7) is 3.95. The summed E-state index contributed by atoms with van der Waals surface area (Å²) in [6.07, 6.45) is 0.307. The predicted octanol–water partition coefficient (Wildman–Crippen LogP) is 5.91. The molecule has 158 valence electrons. The molecule has 2 aromatic heterocycles. The van der Waals surface area contributed by atoms with Crippen LogP contribution in [0.2, 0.25) is 0 Å². The number of aryl methyl sites for hydroxylation is 2. The van der Waals surface area contributed by atoms with Gasteiger partial charge in [-0.15, -0.1) is 11.8 Å². The molecule has 0 spiro atoms. The lowest BCUT2D eigenvalue weighted by Crippen LogP contribution is -2.13. The van der Waals surface area contributed by atoms with Crippen molar-refractivity contribution in [2.24, 2.45) is 0 Å². The summed E-state index contributed by atoms with van der Waals surface area (Å²) in [5, 5.41) is 14.0. The van der Waals surface area contributed by atoms with Gasteiger partial charge in [0.25, 0.3) is 0 Å². The number of carbonyl (C=O) groups is 1. The highest BCUT2D eigenvalue weighted by atomic mass is 32.2. The average Bonchev–Trinajstić information content (AvgIpc) is 2.79. The maximum atomic E-state index is 12.6. The van der Waals surface area contributed by atoms with E-state index < -0.39 is 0 Å². The van der Waals surface area contributed by atoms with Crippen LogP contribution < -0.4 is 5.32 Å². The first kappa shape index (κ1) is 21.5. The van der Waals surface area contributed by atoms with E-state index in [4.69, 9.17) is 0 Å². The minimum Gasteiger partial charge on any atom is -0.325 e. The fraction of sp³-hybridized carbons (Fsp3) is 0.154. The smallest absolute Gasteiger partial charge is 0.225 e. The highest BCUT2D eigenvalue weighted by Crippen LogP contribution is 2.27. The summed E-state index contributed by atoms with van der Waals surface area (Å²) in [6, 6.07) is 23.6. The van der Waals surface area contributed by atoms with Crippen LogP contribution in [0.4, 0.5) is 5.69 Å². The minimum atomic E-state index is -0.0820. The normalized spacial score (nSPS) is 10.7. The van der Waals surface area contributed by atoms with Gasteiger partial charge in [0.2, 0.25) is 5.91 Å². The topological polar surface area (TPSA) is 78.7 Å². The van der Waals surface area contributed by atoms with Gasteiger partial charge in [0, 0.05) is 28.8 Å². The first-order valence-electron chi connectivity index (χ1n) is 10.3. The molecule has 4 aromatic rings. The number of anilines is 1. The maximum Gasteiger partial charge on any atom is 0.225 e. The number of rotatable bonds is 6. The highest BCUT2D eigenvalue weighted by Gasteiger charge is 2.11. The number of hydrogen-bond donors (Lipinski definition) is 1. The van der Waals surface area contributed by atoms with Gasteiger partial charge in [-0.25, -0.2) is 4.98 Å². The molecule has 0 saturated carbocycles. The van der Waals surface area contributed by atoms with Crippen molar-refractivity contribution >= 4 is 34.3 Å². The van der Waals surface area contributed by atoms with Crippen LogP contribution in [0.1, 0.15) is 23.2 Å². The van der Waals surface area contributed by atoms with Crippen molar-refractivity contribution in [3.63, 3.8) is 0 Å². The van der Waals surface area contributed by atoms with Crippen molar-refractivity contribution in [3.05, 3.63) is 83.6 Å². The molecule has 0 aliphatic rings. The first-order chi connectivity index (χ1) is 15.5. The van der Waals surface area contributed by atoms with Crippen LogP contribution in [0.3, 0.4) is 0 Å². The van der Waals surface area contributed by atoms with Gasteiger partial charge in [-0.1, -0.05) is 48.0 Å². The quantitative estimate of drug-likeness (QED) is 0.379. The number of para-hydroxylation sites is 1. The molecule has 2 aromatic carbocycles. The monoisotopic (exact) mass is 438 g/mol. The molecule has 0 aliphatic heterocycles. The molecule has 4 rings (SSSR count). The highest BCUT2D eigenvalue weighted by molar-refractivity contribution is 7.99. The first-order valence-corrected chi connectivity index (χ1v) is 11.3. The number of pyridine rings is 2. The number of thioether (sulfide) groups is 1. The van der Waals surface area contributed by atoms with Crippen LogP contribution in [0.5, 0.6) is 0 Å². The lowest BCUT2D eigenvalue weighted by atomic mass is 10.1. The third kappa shape index (κ3) is 4.96. The Bertz CT molecular complexity index is 1330. The third-order valence-electron chi connectivity index (χ3n) is 5.01. The Labute approximate surface area is 191 Å². The van der Waals surface area contributed by atoms with E-state index in [0.717, 1.165) is 33.5 Å². The Kier molecular flexibility index (Phi) is 6.48. The van der Waals surface area contributed by atoms with Gasteiger partial charge in [0.1, 0.15) is 11.1 Å². The van der Waals surface area contributed by atoms with Crippen LogP contribution in [-0.4, -0.2) is 21.6 Å². The van der Waals surface area contributed by atoms with Gasteiger partial charge < -0.3 is 5.32 Å². The molecule has 0 atom stereocenters. The zero-order valence-corrected chi connectivity index (χ0v) is 18.7. The summed E-state index contributed by atoms with van der Waals surface area (Å²) >= 11 is 1.42. The molecule has 2 heterocycles. The summed E-state index contributed by atoms with van der Waals surface area (Å²) < 4.78 is 0. The van der Waals surface area contributed by atoms with Gasteiger partial charge >= 0.3 is 0 Å². The maximum absolute atomic E-state index is 12.6. The number of aromatic nitrogens is 2. The number of fused-ring (bicyclic) bond motifs is 1. The molecule has 1 N–H and O–H groups in total. The Morgan fingerprint density at radius 1 is 1.03 bits per heavy atom. The fourth-order valence-electron chi connectivity index (χ4n) is 3.38. The number of nitriles is 1. The van der Waals surface area contributed by atoms with Crippen LogP contribution in [0, 0.1) is 25.2 Å². The number of amides is 1. The van der Waals surface area contributed by atoms with E-state index in [2.05, 4.69) is 21.4 Å². The summed E-state index contributed by atoms with van der Waals surface area (Å²) in [4.78, 5) is 21.8. The number of carbonyl (C=O) groups excluding carboxylic acids is 1. The van der Waals surface area contributed by atoms with Crippen molar-refractivity contribution in [2.75, 3.05) is 11.1 Å². The van der Waals surface area contributed by atoms with E-state index in [1.165, 1.54) is 17.3 Å². The van der Waals surface area contributed by atoms with Gasteiger partial charge in [0.15, 0.2) is 0 Å². The minimum absolute atomic E-state index is 0.0820. The number of nitrogens with one attached hydrogen (secondary N) is 1. The van der Waals surface area contributed by atoms with Crippen molar-refractivity contribution in [3.8, 4) is 17.3 Å². The Morgan fingerprint density at radius 2 is 1.81 bits per heavy atom. The molecule has 32 heavy (non-hydrogen) atoms. The Balaban J connectivity index is 1.44. The molecule has 0 aliphatic carbocycles. The lowest BCUT2D eigenvalue weighted by Gasteiger charge is -2.10. The molecule has 0 saturated heterocycles. The summed E-state index contributed by atoms with van der Waals surface area (Å²) in [5.74, 6) is 0.439. The van der Waals surface area contributed by atoms with Crippen LogP contribution in [0.25, 0.3) is 22.2 Å². The van der Waals surface area contributed by atoms with Crippen molar-refractivity contribution in [1.29, 1.82) is 5.26 Å². The van der Waals surface area contributed by atoms with Crippen LogP contribution in [0.15, 0.2) is 71.8 Å². The van der Waals surface area contributed by atoms with E-state index in [1.807, 2.05) is 74.5 Å². The molecule has 0 unspecified atom stereocenters. The second-order valence-corrected chi connectivity index (χ2v) is 8.59. The summed E-state index contributed by atoms with van der Waals surface area (Å²) in [7, 11) is 0. The second-order valence-electron chi connectivity index (χ2n) is 7.50. The zero-order valence-electron chi connectivity index (χ0n) is 17.9. The molecular weight excluding hydrogens is 416 g/mol. The molecule has 5 nitrogen and oxygen atoms in total. The van der Waals surface area contributed by atoms with Crippen LogP contribution in [-0.2, 0) is 4.79 Å². The van der Waals surface area contributed by atoms with Crippen molar-refractivity contribution < 1.29 is 4.79 Å². The van der Waals surface area contributed by atoms with E-state index >= 15 is 0 Å². The molecule has 1 amide bonds. The van der Waals surface area contributed by atoms with E-state index in [9.17, 15) is 10.1 Å². The fourth-order valence-corrected chi connectivity index (χ4v) is 4.30. The van der Waals surface area contributed by atoms with E-state index in [0.29, 0.717) is 22.8 Å². The average molecular weight is 439 g/mol. The largest absolute Gasteiger partial charge is 0.325 e. The Morgan fingerprint density at radius 3 is 2.59 bits per heavy atom. The van der Waals surface area contributed by atoms with Crippen LogP contribution >= 0.6 is 11.8 Å². The van der Waals surface area contributed by atoms with Gasteiger partial charge in [-0.3, -0.25) is 9.78 Å². The van der Waals surface area contributed by atoms with Crippen molar-refractivity contribution in [1.82, 2.24) is 9.97 Å². The Hall–Kier alpha value is -3.69. The lowest BCUT2D eigenvalue weighted by molar-refractivity contribution is -0.115. The van der Waals surface area contributed by atoms with Gasteiger partial charge in [-0.05, 0) is 38.1 Å². The van der Waals surface area contributed by atoms with E-state index in [1.54, 1.807) is 6.07 Å². The number of hydrogen-bond acceptors (Lipinski definition) is 5. The number of nitrogens with zero attached hydrogens (tertiary/aromatic N) is 3. The van der Waals surface area contributed by atoms with Crippen molar-refractivity contribution in [2.45, 2.75) is 25.3 Å². The summed E-state index contributed by atoms with van der Waals surface area (Å²) in [5.41, 5.74) is 5.98. The standard InChI is InChI=1S/C26H22N4OS/c1-17-7-9-19(10-8-17)22-12-11-20(16-27)26(30-22)32-14-13-25(31)29-24-15-18(2)28-23-6-4-3-5-21(23)24/h3-12,15H,13-14H2,1-2H3,(H,28,29,31). The zero-order chi connectivity index (χ0) is 22.5. The molecule has 0 fully saturated rings. The predicted molar refractivity (Wildman–Crippen MR) is 130 cm³/mol. The third-order valence-corrected chi connectivity index (χ3v) is 6.01. The van der Waals surface area contributed by atoms with Gasteiger partial charge in [0.05, 0.1) is 22.5 Å². The molecule has 6 heteroatoms.